The molecule has 112 valence electrons. The molecule has 2 rings (SSSR count). The summed E-state index contributed by atoms with van der Waals surface area (Å²) in [6.07, 6.45) is 6.65. The standard InChI is InChI=1S/C18H24N2O/c1-2-4-14(10-11-19)6-9-18(21)16-7-8-17-15(13-16)5-3-12-20-17/h3,5,7-8,12-14H,2,4,6,9-11,19H2,1H3. The monoisotopic (exact) mass is 284 g/mol. The predicted molar refractivity (Wildman–Crippen MR) is 87.4 cm³/mol. The number of benzene rings is 1. The summed E-state index contributed by atoms with van der Waals surface area (Å²) in [5.74, 6) is 0.796. The van der Waals surface area contributed by atoms with Crippen LogP contribution in [0.1, 0.15) is 49.4 Å². The summed E-state index contributed by atoms with van der Waals surface area (Å²) >= 11 is 0. The molecule has 0 spiro atoms. The number of ketones is 1. The van der Waals surface area contributed by atoms with E-state index in [1.54, 1.807) is 6.20 Å². The van der Waals surface area contributed by atoms with E-state index in [4.69, 9.17) is 5.73 Å². The molecule has 0 bridgehead atoms. The Morgan fingerprint density at radius 2 is 2.10 bits per heavy atom. The molecule has 0 saturated carbocycles. The van der Waals surface area contributed by atoms with Crippen molar-refractivity contribution in [1.29, 1.82) is 0 Å². The molecule has 21 heavy (non-hydrogen) atoms. The van der Waals surface area contributed by atoms with E-state index in [1.807, 2.05) is 30.3 Å². The number of nitrogens with zero attached hydrogens (tertiary/aromatic N) is 1. The zero-order chi connectivity index (χ0) is 15.1. The normalized spacial score (nSPS) is 12.5. The van der Waals surface area contributed by atoms with Gasteiger partial charge in [-0.15, -0.1) is 0 Å². The van der Waals surface area contributed by atoms with Crippen LogP contribution in [0.15, 0.2) is 36.5 Å². The molecule has 1 aromatic carbocycles. The first kappa shape index (κ1) is 15.6. The van der Waals surface area contributed by atoms with E-state index >= 15 is 0 Å². The first-order valence-electron chi connectivity index (χ1n) is 7.82. The minimum absolute atomic E-state index is 0.221. The van der Waals surface area contributed by atoms with Crippen LogP contribution in [0, 0.1) is 5.92 Å². The zero-order valence-electron chi connectivity index (χ0n) is 12.7. The summed E-state index contributed by atoms with van der Waals surface area (Å²) in [4.78, 5) is 16.6. The Labute approximate surface area is 126 Å². The molecular formula is C18H24N2O. The number of hydrogen-bond acceptors (Lipinski definition) is 3. The maximum atomic E-state index is 12.3. The van der Waals surface area contributed by atoms with Crippen LogP contribution < -0.4 is 5.73 Å². The second kappa shape index (κ2) is 7.89. The summed E-state index contributed by atoms with van der Waals surface area (Å²) in [6, 6.07) is 9.65. The van der Waals surface area contributed by atoms with E-state index in [-0.39, 0.29) is 5.78 Å². The number of aromatic nitrogens is 1. The van der Waals surface area contributed by atoms with Crippen molar-refractivity contribution in [2.45, 2.75) is 39.0 Å². The highest BCUT2D eigenvalue weighted by Gasteiger charge is 2.12. The van der Waals surface area contributed by atoms with Crippen LogP contribution in [-0.2, 0) is 0 Å². The number of carbonyl (C=O) groups excluding carboxylic acids is 1. The van der Waals surface area contributed by atoms with Crippen molar-refractivity contribution in [3.63, 3.8) is 0 Å². The van der Waals surface area contributed by atoms with Crippen molar-refractivity contribution in [3.05, 3.63) is 42.1 Å². The van der Waals surface area contributed by atoms with E-state index in [0.717, 1.165) is 42.1 Å². The van der Waals surface area contributed by atoms with Gasteiger partial charge in [-0.1, -0.05) is 25.8 Å². The molecule has 0 aliphatic rings. The summed E-state index contributed by atoms with van der Waals surface area (Å²) < 4.78 is 0. The lowest BCUT2D eigenvalue weighted by molar-refractivity contribution is 0.0972. The number of pyridine rings is 1. The first-order valence-corrected chi connectivity index (χ1v) is 7.82. The van der Waals surface area contributed by atoms with Gasteiger partial charge in [-0.25, -0.2) is 0 Å². The second-order valence-corrected chi connectivity index (χ2v) is 5.60. The minimum Gasteiger partial charge on any atom is -0.330 e. The number of carbonyl (C=O) groups is 1. The highest BCUT2D eigenvalue weighted by atomic mass is 16.1. The summed E-state index contributed by atoms with van der Waals surface area (Å²) in [6.45, 7) is 2.89. The van der Waals surface area contributed by atoms with E-state index in [0.29, 0.717) is 18.9 Å². The highest BCUT2D eigenvalue weighted by molar-refractivity contribution is 5.99. The third-order valence-electron chi connectivity index (χ3n) is 3.98. The molecule has 3 nitrogen and oxygen atoms in total. The lowest BCUT2D eigenvalue weighted by Gasteiger charge is -2.14. The van der Waals surface area contributed by atoms with Gasteiger partial charge in [-0.2, -0.15) is 0 Å². The van der Waals surface area contributed by atoms with Crippen molar-refractivity contribution in [2.75, 3.05) is 6.54 Å². The Bertz CT molecular complexity index is 589. The Morgan fingerprint density at radius 3 is 2.86 bits per heavy atom. The third-order valence-corrected chi connectivity index (χ3v) is 3.98. The van der Waals surface area contributed by atoms with Gasteiger partial charge in [0.15, 0.2) is 5.78 Å². The molecular weight excluding hydrogens is 260 g/mol. The van der Waals surface area contributed by atoms with Gasteiger partial charge in [-0.05, 0) is 49.6 Å². The van der Waals surface area contributed by atoms with Crippen molar-refractivity contribution in [1.82, 2.24) is 4.98 Å². The fraction of sp³-hybridized carbons (Fsp3) is 0.444. The molecule has 3 heteroatoms. The van der Waals surface area contributed by atoms with Gasteiger partial charge in [0.05, 0.1) is 5.52 Å². The number of Topliss-reactive ketones (excluding diaryl/α,β-unsaturated/α-hetero) is 1. The molecule has 1 heterocycles. The van der Waals surface area contributed by atoms with Gasteiger partial charge in [0.1, 0.15) is 0 Å². The van der Waals surface area contributed by atoms with Gasteiger partial charge in [-0.3, -0.25) is 9.78 Å². The predicted octanol–water partition coefficient (Wildman–Crippen LogP) is 3.96. The van der Waals surface area contributed by atoms with E-state index in [2.05, 4.69) is 11.9 Å². The van der Waals surface area contributed by atoms with Crippen LogP contribution >= 0.6 is 0 Å². The summed E-state index contributed by atoms with van der Waals surface area (Å²) in [5.41, 5.74) is 7.37. The molecule has 2 aromatic rings. The average molecular weight is 284 g/mol. The number of fused-ring (bicyclic) bond motifs is 1. The summed E-state index contributed by atoms with van der Waals surface area (Å²) in [7, 11) is 0. The molecule has 2 N–H and O–H groups in total. The Morgan fingerprint density at radius 1 is 1.24 bits per heavy atom. The van der Waals surface area contributed by atoms with Crippen LogP contribution in [0.25, 0.3) is 10.9 Å². The van der Waals surface area contributed by atoms with Crippen LogP contribution in [0.4, 0.5) is 0 Å². The molecule has 0 aliphatic carbocycles. The van der Waals surface area contributed by atoms with Crippen molar-refractivity contribution in [3.8, 4) is 0 Å². The van der Waals surface area contributed by atoms with Gasteiger partial charge < -0.3 is 5.73 Å². The molecule has 0 fully saturated rings. The SMILES string of the molecule is CCCC(CCN)CCC(=O)c1ccc2ncccc2c1. The average Bonchev–Trinajstić information content (AvgIpc) is 2.52. The van der Waals surface area contributed by atoms with E-state index in [9.17, 15) is 4.79 Å². The number of rotatable bonds is 8. The lowest BCUT2D eigenvalue weighted by atomic mass is 9.92. The Hall–Kier alpha value is -1.74. The lowest BCUT2D eigenvalue weighted by Crippen LogP contribution is -2.11. The van der Waals surface area contributed by atoms with Crippen LogP contribution in [0.3, 0.4) is 0 Å². The largest absolute Gasteiger partial charge is 0.330 e. The third kappa shape index (κ3) is 4.36. The van der Waals surface area contributed by atoms with Crippen LogP contribution in [0.5, 0.6) is 0 Å². The summed E-state index contributed by atoms with van der Waals surface area (Å²) in [5, 5.41) is 1.02. The van der Waals surface area contributed by atoms with E-state index in [1.165, 1.54) is 0 Å². The van der Waals surface area contributed by atoms with Crippen molar-refractivity contribution < 1.29 is 4.79 Å². The van der Waals surface area contributed by atoms with Gasteiger partial charge in [0.25, 0.3) is 0 Å². The Balaban J connectivity index is 2.01. The fourth-order valence-corrected chi connectivity index (χ4v) is 2.81. The van der Waals surface area contributed by atoms with Crippen LogP contribution in [-0.4, -0.2) is 17.3 Å². The molecule has 1 atom stereocenters. The fourth-order valence-electron chi connectivity index (χ4n) is 2.81. The van der Waals surface area contributed by atoms with Gasteiger partial charge in [0, 0.05) is 23.6 Å². The second-order valence-electron chi connectivity index (χ2n) is 5.60. The first-order chi connectivity index (χ1) is 10.2. The molecule has 0 amide bonds. The number of nitrogens with two attached hydrogens (primary N) is 1. The van der Waals surface area contributed by atoms with Crippen molar-refractivity contribution in [2.24, 2.45) is 11.7 Å². The van der Waals surface area contributed by atoms with Gasteiger partial charge >= 0.3 is 0 Å². The topological polar surface area (TPSA) is 56.0 Å². The number of hydrogen-bond donors (Lipinski definition) is 1. The van der Waals surface area contributed by atoms with Crippen LogP contribution in [0.2, 0.25) is 0 Å². The molecule has 0 saturated heterocycles. The van der Waals surface area contributed by atoms with E-state index < -0.39 is 0 Å². The maximum Gasteiger partial charge on any atom is 0.162 e. The molecule has 1 unspecified atom stereocenters. The Kier molecular flexibility index (Phi) is 5.88. The zero-order valence-corrected chi connectivity index (χ0v) is 12.7. The maximum absolute atomic E-state index is 12.3. The molecule has 1 aromatic heterocycles. The smallest absolute Gasteiger partial charge is 0.162 e. The molecule has 0 aliphatic heterocycles. The van der Waals surface area contributed by atoms with Crippen molar-refractivity contribution >= 4 is 16.7 Å². The molecule has 0 radical (unpaired) electrons. The highest BCUT2D eigenvalue weighted by Crippen LogP contribution is 2.20. The quantitative estimate of drug-likeness (QED) is 0.746. The minimum atomic E-state index is 0.221. The van der Waals surface area contributed by atoms with Gasteiger partial charge in [0.2, 0.25) is 0 Å².